The van der Waals surface area contributed by atoms with Crippen molar-refractivity contribution in [3.8, 4) is 5.75 Å². The van der Waals surface area contributed by atoms with Crippen molar-refractivity contribution in [2.24, 2.45) is 0 Å². The first-order valence-corrected chi connectivity index (χ1v) is 8.55. The zero-order chi connectivity index (χ0) is 18.0. The number of aromatic hydroxyl groups is 1. The highest BCUT2D eigenvalue weighted by molar-refractivity contribution is 8.26. The number of carbonyl (C=O) groups excluding carboxylic acids is 2. The summed E-state index contributed by atoms with van der Waals surface area (Å²) in [5.74, 6) is -0.303. The van der Waals surface area contributed by atoms with Gasteiger partial charge in [0.05, 0.1) is 16.9 Å². The Balaban J connectivity index is 1.70. The maximum absolute atomic E-state index is 12.4. The largest absolute Gasteiger partial charge is 0.506 e. The molecule has 25 heavy (non-hydrogen) atoms. The van der Waals surface area contributed by atoms with Crippen LogP contribution in [0.4, 0.5) is 5.69 Å². The molecule has 2 N–H and O–H groups in total. The molecule has 3 rings (SSSR count). The maximum atomic E-state index is 12.4. The van der Waals surface area contributed by atoms with Crippen LogP contribution in [-0.2, 0) is 9.59 Å². The first-order chi connectivity index (χ1) is 11.9. The van der Waals surface area contributed by atoms with Crippen LogP contribution in [0.1, 0.15) is 11.3 Å². The van der Waals surface area contributed by atoms with E-state index in [1.807, 2.05) is 6.92 Å². The standard InChI is InChI=1S/C17H14N2O4S2/c1-10-4-5-13(20)12(7-10)18-15(21)9-19-16(22)14(25-17(19)24)8-11-3-2-6-23-11/h2-8,20H,9H2,1H3,(H,18,21)/b14-8-. The quantitative estimate of drug-likeness (QED) is 0.486. The number of benzene rings is 1. The van der Waals surface area contributed by atoms with Crippen molar-refractivity contribution < 1.29 is 19.1 Å². The molecule has 8 heteroatoms. The number of nitrogens with zero attached hydrogens (tertiary/aromatic N) is 1. The fourth-order valence-electron chi connectivity index (χ4n) is 2.22. The molecule has 0 radical (unpaired) electrons. The third kappa shape index (κ3) is 3.92. The molecule has 2 aromatic rings. The highest BCUT2D eigenvalue weighted by Gasteiger charge is 2.33. The lowest BCUT2D eigenvalue weighted by molar-refractivity contribution is -0.126. The Bertz CT molecular complexity index is 875. The minimum Gasteiger partial charge on any atom is -0.506 e. The van der Waals surface area contributed by atoms with Gasteiger partial charge in [0.1, 0.15) is 22.4 Å². The number of phenolic OH excluding ortho intramolecular Hbond substituents is 1. The van der Waals surface area contributed by atoms with Gasteiger partial charge in [-0.3, -0.25) is 14.5 Å². The normalized spacial score (nSPS) is 15.9. The van der Waals surface area contributed by atoms with Crippen molar-refractivity contribution in [1.82, 2.24) is 4.90 Å². The first-order valence-electron chi connectivity index (χ1n) is 7.32. The number of carbonyl (C=O) groups is 2. The van der Waals surface area contributed by atoms with Gasteiger partial charge in [0.15, 0.2) is 0 Å². The predicted octanol–water partition coefficient (Wildman–Crippen LogP) is 3.13. The van der Waals surface area contributed by atoms with Crippen molar-refractivity contribution in [2.75, 3.05) is 11.9 Å². The molecular weight excluding hydrogens is 360 g/mol. The van der Waals surface area contributed by atoms with Gasteiger partial charge in [0, 0.05) is 6.08 Å². The second kappa shape index (κ2) is 7.12. The number of hydrogen-bond acceptors (Lipinski definition) is 6. The topological polar surface area (TPSA) is 82.8 Å². The van der Waals surface area contributed by atoms with Crippen molar-refractivity contribution in [1.29, 1.82) is 0 Å². The SMILES string of the molecule is Cc1ccc(O)c(NC(=O)CN2C(=O)/C(=C/c3ccco3)SC2=S)c1. The number of hydrogen-bond donors (Lipinski definition) is 2. The average molecular weight is 374 g/mol. The molecule has 128 valence electrons. The van der Waals surface area contributed by atoms with Crippen molar-refractivity contribution in [2.45, 2.75) is 6.92 Å². The van der Waals surface area contributed by atoms with E-state index in [-0.39, 0.29) is 18.2 Å². The Morgan fingerprint density at radius 2 is 2.24 bits per heavy atom. The minimum atomic E-state index is -0.448. The molecule has 1 aliphatic heterocycles. The number of rotatable bonds is 4. The van der Waals surface area contributed by atoms with Crippen LogP contribution in [0, 0.1) is 6.92 Å². The second-order valence-corrected chi connectivity index (χ2v) is 7.03. The Morgan fingerprint density at radius 1 is 1.44 bits per heavy atom. The predicted molar refractivity (Wildman–Crippen MR) is 100 cm³/mol. The van der Waals surface area contributed by atoms with Crippen LogP contribution in [0.2, 0.25) is 0 Å². The van der Waals surface area contributed by atoms with E-state index in [4.69, 9.17) is 16.6 Å². The van der Waals surface area contributed by atoms with Crippen LogP contribution in [-0.4, -0.2) is 32.7 Å². The van der Waals surface area contributed by atoms with Gasteiger partial charge in [0.2, 0.25) is 5.91 Å². The van der Waals surface area contributed by atoms with E-state index >= 15 is 0 Å². The van der Waals surface area contributed by atoms with Crippen LogP contribution >= 0.6 is 24.0 Å². The van der Waals surface area contributed by atoms with E-state index < -0.39 is 5.91 Å². The zero-order valence-corrected chi connectivity index (χ0v) is 14.8. The molecule has 0 atom stereocenters. The number of nitrogens with one attached hydrogen (secondary N) is 1. The molecule has 6 nitrogen and oxygen atoms in total. The maximum Gasteiger partial charge on any atom is 0.266 e. The van der Waals surface area contributed by atoms with Crippen molar-refractivity contribution in [3.05, 3.63) is 52.8 Å². The van der Waals surface area contributed by atoms with Gasteiger partial charge in [-0.25, -0.2) is 0 Å². The molecule has 2 heterocycles. The number of amides is 2. The van der Waals surface area contributed by atoms with Gasteiger partial charge in [-0.05, 0) is 36.8 Å². The highest BCUT2D eigenvalue weighted by atomic mass is 32.2. The molecule has 1 aromatic carbocycles. The first kappa shape index (κ1) is 17.2. The molecule has 0 unspecified atom stereocenters. The number of phenols is 1. The van der Waals surface area contributed by atoms with E-state index in [9.17, 15) is 14.7 Å². The van der Waals surface area contributed by atoms with Crippen LogP contribution in [0.25, 0.3) is 6.08 Å². The van der Waals surface area contributed by atoms with Crippen LogP contribution in [0.15, 0.2) is 45.9 Å². The second-order valence-electron chi connectivity index (χ2n) is 5.35. The summed E-state index contributed by atoms with van der Waals surface area (Å²) in [7, 11) is 0. The molecule has 0 saturated carbocycles. The third-order valence-electron chi connectivity index (χ3n) is 3.42. The summed E-state index contributed by atoms with van der Waals surface area (Å²) < 4.78 is 5.49. The van der Waals surface area contributed by atoms with Crippen LogP contribution < -0.4 is 5.32 Å². The van der Waals surface area contributed by atoms with E-state index in [0.29, 0.717) is 20.7 Å². The number of anilines is 1. The van der Waals surface area contributed by atoms with Crippen molar-refractivity contribution >= 4 is 51.9 Å². The molecule has 1 fully saturated rings. The summed E-state index contributed by atoms with van der Waals surface area (Å²) >= 11 is 6.30. The van der Waals surface area contributed by atoms with Gasteiger partial charge in [-0.1, -0.05) is 30.0 Å². The Hall–Kier alpha value is -2.58. The molecule has 1 saturated heterocycles. The molecule has 2 amide bonds. The number of furan rings is 1. The Kier molecular flexibility index (Phi) is 4.91. The summed E-state index contributed by atoms with van der Waals surface area (Å²) in [6, 6.07) is 8.31. The van der Waals surface area contributed by atoms with Crippen LogP contribution in [0.3, 0.4) is 0 Å². The Morgan fingerprint density at radius 3 is 2.96 bits per heavy atom. The lowest BCUT2D eigenvalue weighted by atomic mass is 10.2. The minimum absolute atomic E-state index is 0.0398. The number of thioether (sulfide) groups is 1. The fourth-order valence-corrected chi connectivity index (χ4v) is 3.46. The van der Waals surface area contributed by atoms with E-state index in [1.165, 1.54) is 17.2 Å². The summed E-state index contributed by atoms with van der Waals surface area (Å²) in [5, 5.41) is 12.4. The lowest BCUT2D eigenvalue weighted by Gasteiger charge is -2.15. The summed E-state index contributed by atoms with van der Waals surface area (Å²) in [4.78, 5) is 26.3. The van der Waals surface area contributed by atoms with Gasteiger partial charge in [-0.15, -0.1) is 0 Å². The summed E-state index contributed by atoms with van der Waals surface area (Å²) in [5.41, 5.74) is 1.18. The molecule has 1 aromatic heterocycles. The smallest absolute Gasteiger partial charge is 0.266 e. The zero-order valence-electron chi connectivity index (χ0n) is 13.2. The average Bonchev–Trinajstić information content (AvgIpc) is 3.15. The summed E-state index contributed by atoms with van der Waals surface area (Å²) in [6.07, 6.45) is 3.10. The monoisotopic (exact) mass is 374 g/mol. The molecule has 0 spiro atoms. The van der Waals surface area contributed by atoms with E-state index in [0.717, 1.165) is 17.3 Å². The summed E-state index contributed by atoms with van der Waals surface area (Å²) in [6.45, 7) is 1.62. The van der Waals surface area contributed by atoms with E-state index in [1.54, 1.807) is 30.3 Å². The van der Waals surface area contributed by atoms with Gasteiger partial charge in [0.25, 0.3) is 5.91 Å². The number of aryl methyl sites for hydroxylation is 1. The van der Waals surface area contributed by atoms with Crippen LogP contribution in [0.5, 0.6) is 5.75 Å². The molecule has 0 bridgehead atoms. The third-order valence-corrected chi connectivity index (χ3v) is 4.80. The lowest BCUT2D eigenvalue weighted by Crippen LogP contribution is -2.36. The van der Waals surface area contributed by atoms with Gasteiger partial charge >= 0.3 is 0 Å². The fraction of sp³-hybridized carbons (Fsp3) is 0.118. The molecular formula is C17H14N2O4S2. The van der Waals surface area contributed by atoms with Gasteiger partial charge in [-0.2, -0.15) is 0 Å². The highest BCUT2D eigenvalue weighted by Crippen LogP contribution is 2.32. The Labute approximate surface area is 153 Å². The molecule has 1 aliphatic rings. The molecule has 0 aliphatic carbocycles. The van der Waals surface area contributed by atoms with E-state index in [2.05, 4.69) is 5.32 Å². The van der Waals surface area contributed by atoms with Crippen molar-refractivity contribution in [3.63, 3.8) is 0 Å². The van der Waals surface area contributed by atoms with Gasteiger partial charge < -0.3 is 14.8 Å². The number of thiocarbonyl (C=S) groups is 1.